The summed E-state index contributed by atoms with van der Waals surface area (Å²) in [5.41, 5.74) is 2.49. The minimum Gasteiger partial charge on any atom is -0.315 e. The highest BCUT2D eigenvalue weighted by molar-refractivity contribution is 5.97. The standard InChI is InChI=1S/C28H30F3N3O2/c1-19-9-8-10-20(15-19)16-21(27(36)33(2)22-11-4-3-5-12-22)17-23(35)18-34-25-14-7-6-13-24(25)26(32-34)28(29,30)31/h3-5,8-12,15,21H,6-7,13-14,16-18H2,1-2H3/t21-/m1/s1. The molecule has 0 unspecified atom stereocenters. The van der Waals surface area contributed by atoms with E-state index in [-0.39, 0.29) is 30.2 Å². The van der Waals surface area contributed by atoms with Crippen LogP contribution >= 0.6 is 0 Å². The number of benzene rings is 2. The SMILES string of the molecule is Cc1cccc(C[C@H](CC(=O)Cn2nc(C(F)(F)F)c3c2CCCC3)C(=O)N(C)c2ccccc2)c1. The molecule has 3 aromatic rings. The zero-order chi connectivity index (χ0) is 25.9. The number of nitrogens with zero attached hydrogens (tertiary/aromatic N) is 3. The number of Topliss-reactive ketones (excluding diaryl/α,β-unsaturated/α-hetero) is 1. The first-order valence-electron chi connectivity index (χ1n) is 12.2. The number of aromatic nitrogens is 2. The molecule has 0 radical (unpaired) electrons. The number of amides is 1. The van der Waals surface area contributed by atoms with Crippen LogP contribution in [0.3, 0.4) is 0 Å². The zero-order valence-corrected chi connectivity index (χ0v) is 20.5. The molecule has 8 heteroatoms. The third kappa shape index (κ3) is 5.86. The molecule has 0 N–H and O–H groups in total. The molecule has 1 aliphatic carbocycles. The number of rotatable bonds is 8. The first-order valence-corrected chi connectivity index (χ1v) is 12.2. The molecule has 2 aromatic carbocycles. The van der Waals surface area contributed by atoms with Gasteiger partial charge in [-0.15, -0.1) is 0 Å². The van der Waals surface area contributed by atoms with E-state index in [1.807, 2.05) is 61.5 Å². The number of hydrogen-bond donors (Lipinski definition) is 0. The molecule has 1 atom stereocenters. The van der Waals surface area contributed by atoms with Crippen molar-refractivity contribution in [2.45, 2.75) is 58.2 Å². The van der Waals surface area contributed by atoms with E-state index in [9.17, 15) is 22.8 Å². The molecule has 1 heterocycles. The predicted molar refractivity (Wildman–Crippen MR) is 132 cm³/mol. The van der Waals surface area contributed by atoms with Gasteiger partial charge in [-0.2, -0.15) is 18.3 Å². The lowest BCUT2D eigenvalue weighted by Crippen LogP contribution is -2.35. The fraction of sp³-hybridized carbons (Fsp3) is 0.393. The van der Waals surface area contributed by atoms with Crippen molar-refractivity contribution in [2.24, 2.45) is 5.92 Å². The monoisotopic (exact) mass is 497 g/mol. The fourth-order valence-corrected chi connectivity index (χ4v) is 4.96. The number of ketones is 1. The van der Waals surface area contributed by atoms with E-state index >= 15 is 0 Å². The molecule has 0 bridgehead atoms. The molecule has 0 spiro atoms. The van der Waals surface area contributed by atoms with E-state index in [0.29, 0.717) is 37.1 Å². The van der Waals surface area contributed by atoms with E-state index < -0.39 is 17.8 Å². The van der Waals surface area contributed by atoms with Gasteiger partial charge < -0.3 is 4.90 Å². The molecule has 1 aromatic heterocycles. The molecule has 0 fully saturated rings. The number of para-hydroxylation sites is 1. The summed E-state index contributed by atoms with van der Waals surface area (Å²) in [5, 5.41) is 3.81. The number of aryl methyl sites for hydroxylation is 1. The number of carbonyl (C=O) groups is 2. The van der Waals surface area contributed by atoms with Crippen LogP contribution in [0.4, 0.5) is 18.9 Å². The van der Waals surface area contributed by atoms with Gasteiger partial charge in [0.05, 0.1) is 6.54 Å². The highest BCUT2D eigenvalue weighted by Gasteiger charge is 2.39. The van der Waals surface area contributed by atoms with Gasteiger partial charge in [-0.3, -0.25) is 14.3 Å². The molecule has 4 rings (SSSR count). The summed E-state index contributed by atoms with van der Waals surface area (Å²) in [4.78, 5) is 28.2. The number of carbonyl (C=O) groups excluding carboxylic acids is 2. The number of halogens is 3. The van der Waals surface area contributed by atoms with Gasteiger partial charge in [0, 0.05) is 36.3 Å². The topological polar surface area (TPSA) is 55.2 Å². The summed E-state index contributed by atoms with van der Waals surface area (Å²) in [6.07, 6.45) is -2.07. The Hall–Kier alpha value is -3.42. The Morgan fingerprint density at radius 1 is 1.06 bits per heavy atom. The molecule has 1 aliphatic rings. The average molecular weight is 498 g/mol. The van der Waals surface area contributed by atoms with Crippen molar-refractivity contribution in [2.75, 3.05) is 11.9 Å². The Morgan fingerprint density at radius 3 is 2.47 bits per heavy atom. The van der Waals surface area contributed by atoms with Crippen molar-refractivity contribution in [3.05, 3.63) is 82.7 Å². The van der Waals surface area contributed by atoms with Crippen LogP contribution in [0.5, 0.6) is 0 Å². The Balaban J connectivity index is 1.57. The minimum absolute atomic E-state index is 0.0834. The van der Waals surface area contributed by atoms with Gasteiger partial charge in [0.1, 0.15) is 0 Å². The maximum absolute atomic E-state index is 13.6. The second-order valence-corrected chi connectivity index (χ2v) is 9.50. The van der Waals surface area contributed by atoms with E-state index in [4.69, 9.17) is 0 Å². The van der Waals surface area contributed by atoms with E-state index in [1.165, 1.54) is 9.58 Å². The maximum Gasteiger partial charge on any atom is 0.435 e. The van der Waals surface area contributed by atoms with Crippen LogP contribution in [-0.4, -0.2) is 28.5 Å². The van der Waals surface area contributed by atoms with E-state index in [0.717, 1.165) is 17.5 Å². The molecule has 1 amide bonds. The van der Waals surface area contributed by atoms with Crippen molar-refractivity contribution in [3.63, 3.8) is 0 Å². The summed E-state index contributed by atoms with van der Waals surface area (Å²) in [6.45, 7) is 1.69. The fourth-order valence-electron chi connectivity index (χ4n) is 4.96. The normalized spacial score (nSPS) is 14.2. The highest BCUT2D eigenvalue weighted by Crippen LogP contribution is 2.36. The van der Waals surface area contributed by atoms with Crippen LogP contribution in [0.2, 0.25) is 0 Å². The van der Waals surface area contributed by atoms with Crippen molar-refractivity contribution in [3.8, 4) is 0 Å². The number of alkyl halides is 3. The second kappa shape index (κ2) is 10.7. The molecular formula is C28H30F3N3O2. The van der Waals surface area contributed by atoms with E-state index in [2.05, 4.69) is 5.10 Å². The van der Waals surface area contributed by atoms with Crippen LogP contribution in [0.1, 0.15) is 47.3 Å². The number of fused-ring (bicyclic) bond motifs is 1. The van der Waals surface area contributed by atoms with Gasteiger partial charge >= 0.3 is 6.18 Å². The quantitative estimate of drug-likeness (QED) is 0.409. The van der Waals surface area contributed by atoms with Gasteiger partial charge in [-0.1, -0.05) is 48.0 Å². The third-order valence-corrected chi connectivity index (χ3v) is 6.71. The molecule has 36 heavy (non-hydrogen) atoms. The number of anilines is 1. The molecule has 0 saturated carbocycles. The largest absolute Gasteiger partial charge is 0.435 e. The van der Waals surface area contributed by atoms with Gasteiger partial charge in [0.15, 0.2) is 11.5 Å². The minimum atomic E-state index is -4.56. The summed E-state index contributed by atoms with van der Waals surface area (Å²) in [7, 11) is 1.67. The van der Waals surface area contributed by atoms with Crippen molar-refractivity contribution in [1.29, 1.82) is 0 Å². The highest BCUT2D eigenvalue weighted by atomic mass is 19.4. The van der Waals surface area contributed by atoms with Crippen molar-refractivity contribution >= 4 is 17.4 Å². The third-order valence-electron chi connectivity index (χ3n) is 6.71. The van der Waals surface area contributed by atoms with Crippen LogP contribution in [0.25, 0.3) is 0 Å². The molecule has 190 valence electrons. The first kappa shape index (κ1) is 25.7. The first-order chi connectivity index (χ1) is 17.1. The lowest BCUT2D eigenvalue weighted by atomic mass is 9.92. The van der Waals surface area contributed by atoms with E-state index in [1.54, 1.807) is 7.05 Å². The summed E-state index contributed by atoms with van der Waals surface area (Å²) in [6, 6.07) is 16.9. The van der Waals surface area contributed by atoms with Crippen LogP contribution < -0.4 is 4.90 Å². The average Bonchev–Trinajstić information content (AvgIpc) is 3.22. The molecule has 0 aliphatic heterocycles. The van der Waals surface area contributed by atoms with Crippen molar-refractivity contribution in [1.82, 2.24) is 9.78 Å². The predicted octanol–water partition coefficient (Wildman–Crippen LogP) is 5.57. The summed E-state index contributed by atoms with van der Waals surface area (Å²) >= 11 is 0. The number of hydrogen-bond acceptors (Lipinski definition) is 3. The lowest BCUT2D eigenvalue weighted by molar-refractivity contribution is -0.142. The Bertz CT molecular complexity index is 1230. The zero-order valence-electron chi connectivity index (χ0n) is 20.5. The Labute approximate surface area is 208 Å². The summed E-state index contributed by atoms with van der Waals surface area (Å²) in [5.74, 6) is -1.18. The van der Waals surface area contributed by atoms with Crippen LogP contribution in [-0.2, 0) is 41.6 Å². The maximum atomic E-state index is 13.6. The van der Waals surface area contributed by atoms with Gasteiger partial charge in [-0.05, 0) is 56.7 Å². The Kier molecular flexibility index (Phi) is 7.62. The lowest BCUT2D eigenvalue weighted by Gasteiger charge is -2.24. The molecular weight excluding hydrogens is 467 g/mol. The van der Waals surface area contributed by atoms with Crippen molar-refractivity contribution < 1.29 is 22.8 Å². The van der Waals surface area contributed by atoms with Gasteiger partial charge in [-0.25, -0.2) is 0 Å². The smallest absolute Gasteiger partial charge is 0.315 e. The van der Waals surface area contributed by atoms with Crippen LogP contribution in [0.15, 0.2) is 54.6 Å². The second-order valence-electron chi connectivity index (χ2n) is 9.50. The molecule has 0 saturated heterocycles. The molecule has 5 nitrogen and oxygen atoms in total. The van der Waals surface area contributed by atoms with Gasteiger partial charge in [0.2, 0.25) is 5.91 Å². The van der Waals surface area contributed by atoms with Gasteiger partial charge in [0.25, 0.3) is 0 Å². The van der Waals surface area contributed by atoms with Crippen LogP contribution in [0, 0.1) is 12.8 Å². The Morgan fingerprint density at radius 2 is 1.78 bits per heavy atom. The summed E-state index contributed by atoms with van der Waals surface area (Å²) < 4.78 is 41.9.